The van der Waals surface area contributed by atoms with Crippen LogP contribution < -0.4 is 0 Å². The number of allylic oxidation sites excluding steroid dienone is 4. The predicted molar refractivity (Wildman–Crippen MR) is 126 cm³/mol. The number of nitriles is 1. The van der Waals surface area contributed by atoms with Crippen molar-refractivity contribution in [2.75, 3.05) is 13.3 Å². The molecule has 0 saturated carbocycles. The fourth-order valence-electron chi connectivity index (χ4n) is 3.97. The van der Waals surface area contributed by atoms with Crippen LogP contribution in [0.5, 0.6) is 0 Å². The molecule has 174 valence electrons. The van der Waals surface area contributed by atoms with Crippen molar-refractivity contribution >= 4 is 23.5 Å². The average Bonchev–Trinajstić information content (AvgIpc) is 3.29. The lowest BCUT2D eigenvalue weighted by molar-refractivity contribution is -0.127. The second kappa shape index (κ2) is 9.98. The third-order valence-corrected chi connectivity index (χ3v) is 6.02. The Morgan fingerprint density at radius 1 is 1.32 bits per heavy atom. The number of nitrogens with zero attached hydrogens (tertiary/aromatic N) is 5. The first-order chi connectivity index (χ1) is 16.4. The first-order valence-electron chi connectivity index (χ1n) is 10.9. The second-order valence-electron chi connectivity index (χ2n) is 8.00. The molecular weight excluding hydrogens is 454 g/mol. The van der Waals surface area contributed by atoms with E-state index in [9.17, 15) is 9.59 Å². The summed E-state index contributed by atoms with van der Waals surface area (Å²) in [5, 5.41) is 9.46. The Morgan fingerprint density at radius 3 is 2.79 bits per heavy atom. The van der Waals surface area contributed by atoms with Crippen molar-refractivity contribution in [2.24, 2.45) is 0 Å². The topological polar surface area (TPSA) is 91.5 Å². The molecule has 0 radical (unpaired) electrons. The van der Waals surface area contributed by atoms with Gasteiger partial charge in [-0.15, -0.1) is 0 Å². The van der Waals surface area contributed by atoms with Crippen LogP contribution in [-0.2, 0) is 22.5 Å². The molecule has 0 aliphatic carbocycles. The predicted octanol–water partition coefficient (Wildman–Crippen LogP) is 3.86. The monoisotopic (exact) mass is 477 g/mol. The minimum atomic E-state index is -0.701. The van der Waals surface area contributed by atoms with Crippen LogP contribution in [0.15, 0.2) is 65.6 Å². The van der Waals surface area contributed by atoms with E-state index in [1.165, 1.54) is 9.80 Å². The number of aromatic nitrogens is 2. The van der Waals surface area contributed by atoms with Crippen LogP contribution in [0, 0.1) is 18.3 Å². The Morgan fingerprint density at radius 2 is 2.09 bits per heavy atom. The number of amides is 3. The van der Waals surface area contributed by atoms with Crippen LogP contribution in [0.1, 0.15) is 29.6 Å². The number of halogens is 1. The molecule has 1 aromatic heterocycles. The van der Waals surface area contributed by atoms with Gasteiger partial charge in [0.2, 0.25) is 0 Å². The van der Waals surface area contributed by atoms with Crippen LogP contribution in [0.4, 0.5) is 4.79 Å². The largest absolute Gasteiger partial charge is 0.473 e. The highest BCUT2D eigenvalue weighted by Crippen LogP contribution is 2.26. The Hall–Kier alpha value is -3.83. The number of imide groups is 1. The third-order valence-electron chi connectivity index (χ3n) is 5.78. The summed E-state index contributed by atoms with van der Waals surface area (Å²) in [6.07, 6.45) is 9.01. The van der Waals surface area contributed by atoms with Gasteiger partial charge in [0, 0.05) is 36.4 Å². The summed E-state index contributed by atoms with van der Waals surface area (Å²) in [7, 11) is 0. The number of imidazole rings is 1. The molecule has 2 aliphatic heterocycles. The molecule has 34 heavy (non-hydrogen) atoms. The van der Waals surface area contributed by atoms with Crippen molar-refractivity contribution in [2.45, 2.75) is 32.9 Å². The molecule has 2 aromatic rings. The number of carbonyl (C=O) groups excluding carboxylic acids is 2. The van der Waals surface area contributed by atoms with E-state index < -0.39 is 6.04 Å². The number of urea groups is 1. The van der Waals surface area contributed by atoms with Gasteiger partial charge >= 0.3 is 6.03 Å². The number of fused-ring (bicyclic) bond motifs is 1. The fourth-order valence-corrected chi connectivity index (χ4v) is 4.20. The molecule has 8 nitrogen and oxygen atoms in total. The summed E-state index contributed by atoms with van der Waals surface area (Å²) < 4.78 is 7.65. The van der Waals surface area contributed by atoms with E-state index in [0.717, 1.165) is 17.1 Å². The Labute approximate surface area is 203 Å². The summed E-state index contributed by atoms with van der Waals surface area (Å²) in [6, 6.07) is 8.43. The van der Waals surface area contributed by atoms with E-state index in [0.29, 0.717) is 29.3 Å². The highest BCUT2D eigenvalue weighted by atomic mass is 35.5. The van der Waals surface area contributed by atoms with Crippen LogP contribution in [0.25, 0.3) is 0 Å². The molecule has 0 spiro atoms. The highest BCUT2D eigenvalue weighted by Gasteiger charge is 2.46. The molecule has 3 amide bonds. The van der Waals surface area contributed by atoms with Crippen molar-refractivity contribution in [3.63, 3.8) is 0 Å². The zero-order valence-electron chi connectivity index (χ0n) is 18.9. The maximum Gasteiger partial charge on any atom is 0.330 e. The minimum absolute atomic E-state index is 0.0101. The van der Waals surface area contributed by atoms with Gasteiger partial charge in [0.1, 0.15) is 17.6 Å². The molecule has 1 fully saturated rings. The van der Waals surface area contributed by atoms with E-state index in [1.54, 1.807) is 42.6 Å². The highest BCUT2D eigenvalue weighted by molar-refractivity contribution is 6.31. The lowest BCUT2D eigenvalue weighted by Gasteiger charge is -2.25. The standard InChI is InChI=1S/C25H24ClN5O3/c1-3-4-20(26)11-22-12-23-24(32)29(25(33)31(23)16-34-22)10-9-21-14-28-17(2)30(21)15-19-7-5-18(13-27)6-8-19/h3-8,11-12,14,23H,9-10,15-16H2,1-2H3/b4-3-,20-11+. The molecule has 1 unspecified atom stereocenters. The first-order valence-corrected chi connectivity index (χ1v) is 11.3. The van der Waals surface area contributed by atoms with Crippen molar-refractivity contribution in [3.8, 4) is 6.07 Å². The third kappa shape index (κ3) is 4.75. The number of carbonyl (C=O) groups is 2. The van der Waals surface area contributed by atoms with E-state index in [4.69, 9.17) is 21.6 Å². The van der Waals surface area contributed by atoms with E-state index in [-0.39, 0.29) is 25.2 Å². The van der Waals surface area contributed by atoms with Gasteiger partial charge in [-0.1, -0.05) is 29.8 Å². The van der Waals surface area contributed by atoms with Crippen LogP contribution in [0.3, 0.4) is 0 Å². The van der Waals surface area contributed by atoms with Gasteiger partial charge in [0.05, 0.1) is 11.6 Å². The van der Waals surface area contributed by atoms with Gasteiger partial charge in [-0.25, -0.2) is 9.78 Å². The molecule has 2 aliphatic rings. The second-order valence-corrected chi connectivity index (χ2v) is 8.44. The maximum atomic E-state index is 13.0. The van der Waals surface area contributed by atoms with Gasteiger partial charge in [-0.3, -0.25) is 14.6 Å². The Bertz CT molecular complexity index is 1240. The SMILES string of the molecule is C/C=C\C(Cl)=C/C1=CC2C(=O)N(CCc3cnc(C)n3Cc3ccc(C#N)cc3)C(=O)N2CO1. The summed E-state index contributed by atoms with van der Waals surface area (Å²) >= 11 is 6.11. The number of hydrogen-bond donors (Lipinski definition) is 0. The average molecular weight is 478 g/mol. The molecule has 3 heterocycles. The molecule has 4 rings (SSSR count). The molecule has 1 aromatic carbocycles. The van der Waals surface area contributed by atoms with E-state index in [2.05, 4.69) is 15.6 Å². The van der Waals surface area contributed by atoms with Crippen LogP contribution >= 0.6 is 11.6 Å². The zero-order valence-corrected chi connectivity index (χ0v) is 19.7. The van der Waals surface area contributed by atoms with E-state index >= 15 is 0 Å². The number of rotatable bonds is 7. The molecule has 0 N–H and O–H groups in total. The molecular formula is C25H24ClN5O3. The van der Waals surface area contributed by atoms with Crippen LogP contribution in [-0.4, -0.2) is 50.6 Å². The first kappa shape index (κ1) is 23.3. The van der Waals surface area contributed by atoms with Gasteiger partial charge in [0.15, 0.2) is 6.73 Å². The minimum Gasteiger partial charge on any atom is -0.473 e. The van der Waals surface area contributed by atoms with Crippen molar-refractivity contribution in [1.82, 2.24) is 19.4 Å². The fraction of sp³-hybridized carbons (Fsp3) is 0.280. The Kier molecular flexibility index (Phi) is 6.85. The molecule has 9 heteroatoms. The molecule has 0 bridgehead atoms. The summed E-state index contributed by atoms with van der Waals surface area (Å²) in [5.41, 5.74) is 2.56. The smallest absolute Gasteiger partial charge is 0.330 e. The summed E-state index contributed by atoms with van der Waals surface area (Å²) in [6.45, 7) is 4.58. The number of hydrogen-bond acceptors (Lipinski definition) is 5. The summed E-state index contributed by atoms with van der Waals surface area (Å²) in [4.78, 5) is 33.0. The number of benzene rings is 1. The number of ether oxygens (including phenoxy) is 1. The maximum absolute atomic E-state index is 13.0. The summed E-state index contributed by atoms with van der Waals surface area (Å²) in [5.74, 6) is 1.02. The van der Waals surface area contributed by atoms with Gasteiger partial charge < -0.3 is 9.30 Å². The normalized spacial score (nSPS) is 18.2. The van der Waals surface area contributed by atoms with Gasteiger partial charge in [-0.2, -0.15) is 5.26 Å². The van der Waals surface area contributed by atoms with Gasteiger partial charge in [0.25, 0.3) is 5.91 Å². The lowest BCUT2D eigenvalue weighted by Crippen LogP contribution is -2.39. The zero-order chi connectivity index (χ0) is 24.2. The Balaban J connectivity index is 1.46. The quantitative estimate of drug-likeness (QED) is 0.446. The van der Waals surface area contributed by atoms with Crippen LogP contribution in [0.2, 0.25) is 0 Å². The van der Waals surface area contributed by atoms with Crippen molar-refractivity contribution in [3.05, 3.63) is 88.2 Å². The van der Waals surface area contributed by atoms with E-state index in [1.807, 2.05) is 26.0 Å². The lowest BCUT2D eigenvalue weighted by atomic mass is 10.1. The van der Waals surface area contributed by atoms with Crippen molar-refractivity contribution in [1.29, 1.82) is 5.26 Å². The molecule has 1 saturated heterocycles. The number of aryl methyl sites for hydroxylation is 1. The molecule has 1 atom stereocenters. The van der Waals surface area contributed by atoms with Gasteiger partial charge in [-0.05, 0) is 49.8 Å². The van der Waals surface area contributed by atoms with Crippen molar-refractivity contribution < 1.29 is 14.3 Å².